The van der Waals surface area contributed by atoms with Crippen LogP contribution in [-0.2, 0) is 16.6 Å². The number of thioether (sulfide) groups is 1. The van der Waals surface area contributed by atoms with E-state index < -0.39 is 30.2 Å². The van der Waals surface area contributed by atoms with E-state index in [9.17, 15) is 24.6 Å². The Morgan fingerprint density at radius 2 is 2.03 bits per heavy atom. The molecule has 0 bridgehead atoms. The molecule has 4 heterocycles. The number of hydrogen-bond acceptors (Lipinski definition) is 9. The quantitative estimate of drug-likeness (QED) is 0.342. The molecule has 2 saturated heterocycles. The fourth-order valence-corrected chi connectivity index (χ4v) is 5.35. The fourth-order valence-electron chi connectivity index (χ4n) is 4.27. The number of ether oxygens (including phenoxy) is 1. The van der Waals surface area contributed by atoms with Crippen LogP contribution < -0.4 is 5.32 Å². The molecule has 3 N–H and O–H groups in total. The molecule has 2 fully saturated rings. The third-order valence-corrected chi connectivity index (χ3v) is 6.88. The van der Waals surface area contributed by atoms with Crippen molar-refractivity contribution in [2.24, 2.45) is 13.0 Å². The van der Waals surface area contributed by atoms with Crippen molar-refractivity contribution >= 4 is 35.5 Å². The third kappa shape index (κ3) is 3.10. The number of urea groups is 1. The summed E-state index contributed by atoms with van der Waals surface area (Å²) in [5.41, 5.74) is 0.476. The first kappa shape index (κ1) is 20.1. The van der Waals surface area contributed by atoms with E-state index in [0.29, 0.717) is 22.2 Å². The summed E-state index contributed by atoms with van der Waals surface area (Å²) in [5, 5.41) is 33.0. The Labute approximate surface area is 184 Å². The Morgan fingerprint density at radius 1 is 1.28 bits per heavy atom. The van der Waals surface area contributed by atoms with Gasteiger partial charge in [-0.15, -0.1) is 5.10 Å². The number of anilines is 1. The average Bonchev–Trinajstić information content (AvgIpc) is 3.28. The van der Waals surface area contributed by atoms with Gasteiger partial charge in [-0.3, -0.25) is 9.69 Å². The second-order valence-corrected chi connectivity index (χ2v) is 8.44. The highest BCUT2D eigenvalue weighted by Crippen LogP contribution is 2.53. The van der Waals surface area contributed by atoms with Crippen LogP contribution in [0.25, 0.3) is 0 Å². The van der Waals surface area contributed by atoms with E-state index >= 15 is 0 Å². The molecule has 0 spiro atoms. The zero-order valence-electron chi connectivity index (χ0n) is 16.6. The first-order valence-electron chi connectivity index (χ1n) is 9.60. The molecule has 3 aliphatic heterocycles. The van der Waals surface area contributed by atoms with Crippen LogP contribution in [0.3, 0.4) is 0 Å². The molecule has 0 radical (unpaired) electrons. The first-order valence-corrected chi connectivity index (χ1v) is 10.4. The number of β-lactam (4-membered cyclic amide) rings is 1. The number of piperidine rings is 1. The van der Waals surface area contributed by atoms with Gasteiger partial charge in [0.05, 0.1) is 10.9 Å². The van der Waals surface area contributed by atoms with Gasteiger partial charge in [0.2, 0.25) is 11.0 Å². The van der Waals surface area contributed by atoms with Crippen molar-refractivity contribution in [2.75, 3.05) is 11.9 Å². The van der Waals surface area contributed by atoms with Crippen molar-refractivity contribution in [3.05, 3.63) is 35.1 Å². The number of aryl methyl sites for hydroxylation is 1. The second kappa shape index (κ2) is 7.40. The van der Waals surface area contributed by atoms with Crippen molar-refractivity contribution in [1.82, 2.24) is 30.0 Å². The standard InChI is InChI=1S/C18H17N7O6S/c1-23-17(20-21-22-23)32-13-10-6-7-24(16(28)19-8-2-4-9(26)5-3-8)12-11(10)25(14(12)27)15(13)31-18(29)30/h2-5,10-12,26H,6-7H2,1H3,(H,19,28)(H,29,30)/t10?,11-,12+/m1/s1. The predicted molar refractivity (Wildman–Crippen MR) is 107 cm³/mol. The molecule has 3 amide bonds. The van der Waals surface area contributed by atoms with Gasteiger partial charge in [0.15, 0.2) is 0 Å². The number of carbonyl (C=O) groups is 3. The molecule has 3 aliphatic rings. The molecule has 1 aromatic carbocycles. The number of amides is 3. The number of hydrogen-bond donors (Lipinski definition) is 3. The van der Waals surface area contributed by atoms with Crippen molar-refractivity contribution in [3.63, 3.8) is 0 Å². The lowest BCUT2D eigenvalue weighted by Crippen LogP contribution is -2.73. The maximum absolute atomic E-state index is 13.0. The van der Waals surface area contributed by atoms with Crippen LogP contribution in [0.1, 0.15) is 6.42 Å². The number of carbonyl (C=O) groups excluding carboxylic acids is 2. The summed E-state index contributed by atoms with van der Waals surface area (Å²) in [7, 11) is 1.65. The minimum Gasteiger partial charge on any atom is -0.508 e. The van der Waals surface area contributed by atoms with Crippen LogP contribution in [0, 0.1) is 5.92 Å². The van der Waals surface area contributed by atoms with E-state index in [1.807, 2.05) is 0 Å². The van der Waals surface area contributed by atoms with Gasteiger partial charge in [-0.05, 0) is 52.9 Å². The van der Waals surface area contributed by atoms with Gasteiger partial charge in [-0.25, -0.2) is 14.3 Å². The number of nitrogens with one attached hydrogen (secondary N) is 1. The van der Waals surface area contributed by atoms with E-state index in [1.165, 1.54) is 26.6 Å². The number of phenols is 1. The largest absolute Gasteiger partial charge is 0.512 e. The van der Waals surface area contributed by atoms with Crippen molar-refractivity contribution in [3.8, 4) is 5.75 Å². The van der Waals surface area contributed by atoms with Gasteiger partial charge >= 0.3 is 12.2 Å². The van der Waals surface area contributed by atoms with Gasteiger partial charge in [0, 0.05) is 25.2 Å². The number of phenolic OH excluding ortho intramolecular Hbond substituents is 1. The molecular weight excluding hydrogens is 442 g/mol. The molecule has 0 saturated carbocycles. The highest BCUT2D eigenvalue weighted by molar-refractivity contribution is 8.03. The fraction of sp³-hybridized carbons (Fsp3) is 0.333. The smallest absolute Gasteiger partial charge is 0.508 e. The van der Waals surface area contributed by atoms with Crippen LogP contribution in [0.2, 0.25) is 0 Å². The number of benzene rings is 1. The monoisotopic (exact) mass is 459 g/mol. The maximum atomic E-state index is 13.0. The Morgan fingerprint density at radius 3 is 2.69 bits per heavy atom. The van der Waals surface area contributed by atoms with Gasteiger partial charge in [0.25, 0.3) is 5.91 Å². The number of aromatic hydroxyl groups is 1. The predicted octanol–water partition coefficient (Wildman–Crippen LogP) is 1.02. The van der Waals surface area contributed by atoms with E-state index in [0.717, 1.165) is 11.8 Å². The van der Waals surface area contributed by atoms with Gasteiger partial charge in [-0.2, -0.15) is 0 Å². The molecule has 32 heavy (non-hydrogen) atoms. The first-order chi connectivity index (χ1) is 15.3. The Kier molecular flexibility index (Phi) is 4.65. The molecule has 1 unspecified atom stereocenters. The second-order valence-electron chi connectivity index (χ2n) is 7.43. The molecule has 14 heteroatoms. The van der Waals surface area contributed by atoms with Gasteiger partial charge < -0.3 is 25.2 Å². The summed E-state index contributed by atoms with van der Waals surface area (Å²) in [6.07, 6.45) is -1.04. The lowest BCUT2D eigenvalue weighted by atomic mass is 9.81. The maximum Gasteiger partial charge on any atom is 0.512 e. The highest BCUT2D eigenvalue weighted by atomic mass is 32.2. The van der Waals surface area contributed by atoms with Crippen LogP contribution in [0.4, 0.5) is 15.3 Å². The Bertz CT molecular complexity index is 1150. The van der Waals surface area contributed by atoms with Gasteiger partial charge in [-0.1, -0.05) is 0 Å². The Hall–Kier alpha value is -3.81. The molecule has 2 aromatic rings. The van der Waals surface area contributed by atoms with E-state index in [4.69, 9.17) is 4.74 Å². The number of rotatable bonds is 4. The molecule has 166 valence electrons. The average molecular weight is 459 g/mol. The lowest BCUT2D eigenvalue weighted by molar-refractivity contribution is -0.159. The number of tetrazole rings is 1. The molecule has 0 aliphatic carbocycles. The van der Waals surface area contributed by atoms with E-state index in [1.54, 1.807) is 19.2 Å². The molecule has 3 atom stereocenters. The molecular formula is C18H17N7O6S. The summed E-state index contributed by atoms with van der Waals surface area (Å²) in [4.78, 5) is 40.5. The van der Waals surface area contributed by atoms with Gasteiger partial charge in [0.1, 0.15) is 11.8 Å². The van der Waals surface area contributed by atoms with E-state index in [-0.39, 0.29) is 24.1 Å². The minimum atomic E-state index is -1.54. The lowest BCUT2D eigenvalue weighted by Gasteiger charge is -2.52. The van der Waals surface area contributed by atoms with Crippen LogP contribution in [0.15, 0.2) is 40.2 Å². The summed E-state index contributed by atoms with van der Waals surface area (Å²) in [5.74, 6) is -0.614. The van der Waals surface area contributed by atoms with Crippen molar-refractivity contribution < 1.29 is 29.3 Å². The Balaban J connectivity index is 1.40. The number of nitrogens with zero attached hydrogens (tertiary/aromatic N) is 6. The number of aromatic nitrogens is 4. The zero-order valence-corrected chi connectivity index (χ0v) is 17.4. The topological polar surface area (TPSA) is 163 Å². The normalized spacial score (nSPS) is 23.7. The summed E-state index contributed by atoms with van der Waals surface area (Å²) >= 11 is 1.15. The highest BCUT2D eigenvalue weighted by Gasteiger charge is 2.64. The zero-order chi connectivity index (χ0) is 22.6. The summed E-state index contributed by atoms with van der Waals surface area (Å²) in [6.45, 7) is 0.288. The van der Waals surface area contributed by atoms with Crippen molar-refractivity contribution in [2.45, 2.75) is 23.7 Å². The third-order valence-electron chi connectivity index (χ3n) is 5.65. The van der Waals surface area contributed by atoms with E-state index in [2.05, 4.69) is 20.8 Å². The van der Waals surface area contributed by atoms with Crippen LogP contribution in [-0.4, -0.2) is 76.9 Å². The van der Waals surface area contributed by atoms with Crippen LogP contribution >= 0.6 is 11.8 Å². The molecule has 1 aromatic heterocycles. The van der Waals surface area contributed by atoms with Crippen molar-refractivity contribution in [1.29, 1.82) is 0 Å². The number of likely N-dealkylation sites (tertiary alicyclic amines) is 1. The summed E-state index contributed by atoms with van der Waals surface area (Å²) < 4.78 is 6.42. The molecule has 5 rings (SSSR count). The molecule has 13 nitrogen and oxygen atoms in total. The van der Waals surface area contributed by atoms with Crippen LogP contribution in [0.5, 0.6) is 5.75 Å². The summed E-state index contributed by atoms with van der Waals surface area (Å²) in [6, 6.07) is 4.36. The minimum absolute atomic E-state index is 0.0532. The SMILES string of the molecule is Cn1nnnc1SC1=C(OC(=O)O)N2C(=O)[C@@H]3[C@H]2C1CCN3C(=O)Nc1ccc(O)cc1. The number of carboxylic acid groups (broad SMARTS) is 1.